The Bertz CT molecular complexity index is 195. The van der Waals surface area contributed by atoms with Gasteiger partial charge in [-0.25, -0.2) is 0 Å². The van der Waals surface area contributed by atoms with E-state index in [2.05, 4.69) is 39.5 Å². The molecule has 0 heterocycles. The van der Waals surface area contributed by atoms with Crippen molar-refractivity contribution in [2.24, 2.45) is 0 Å². The van der Waals surface area contributed by atoms with Crippen LogP contribution >= 0.6 is 0 Å². The Labute approximate surface area is 81.8 Å². The lowest BCUT2D eigenvalue weighted by atomic mass is 10.1. The van der Waals surface area contributed by atoms with E-state index in [1.807, 2.05) is 0 Å². The molecule has 74 valence electrons. The predicted octanol–water partition coefficient (Wildman–Crippen LogP) is 3.84. The molecule has 0 amide bonds. The fourth-order valence-electron chi connectivity index (χ4n) is 0.949. The molecule has 0 aliphatic heterocycles. The van der Waals surface area contributed by atoms with E-state index in [0.29, 0.717) is 6.61 Å². The maximum absolute atomic E-state index is 5.00. The second kappa shape index (κ2) is 7.66. The van der Waals surface area contributed by atoms with Gasteiger partial charge in [-0.2, -0.15) is 0 Å². The molecule has 0 rings (SSSR count). The van der Waals surface area contributed by atoms with Crippen LogP contribution < -0.4 is 0 Å². The molecule has 0 saturated carbocycles. The summed E-state index contributed by atoms with van der Waals surface area (Å²) in [4.78, 5) is 0. The minimum Gasteiger partial charge on any atom is -0.498 e. The van der Waals surface area contributed by atoms with Gasteiger partial charge in [-0.3, -0.25) is 0 Å². The molecule has 13 heavy (non-hydrogen) atoms. The lowest BCUT2D eigenvalue weighted by molar-refractivity contribution is 0.290. The molecule has 0 saturated heterocycles. The topological polar surface area (TPSA) is 9.23 Å². The molecular weight excluding hydrogens is 160 g/mol. The van der Waals surface area contributed by atoms with Crippen molar-refractivity contribution in [3.05, 3.63) is 36.1 Å². The molecule has 1 heteroatoms. The van der Waals surface area contributed by atoms with Crippen LogP contribution in [0.1, 0.15) is 33.6 Å². The summed E-state index contributed by atoms with van der Waals surface area (Å²) in [5.74, 6) is 0. The maximum atomic E-state index is 5.00. The summed E-state index contributed by atoms with van der Waals surface area (Å²) in [6.07, 6.45) is 8.07. The standard InChI is InChI=1S/C12H20O/c1-5-13-10-9-12(4)8-6-7-11(2)3/h5,7,9H,1,6,8,10H2,2-4H3/b12-9+. The lowest BCUT2D eigenvalue weighted by Crippen LogP contribution is -1.84. The fourth-order valence-corrected chi connectivity index (χ4v) is 0.949. The second-order valence-corrected chi connectivity index (χ2v) is 3.37. The van der Waals surface area contributed by atoms with Gasteiger partial charge in [0.05, 0.1) is 6.26 Å². The quantitative estimate of drug-likeness (QED) is 0.343. The van der Waals surface area contributed by atoms with Crippen molar-refractivity contribution in [2.75, 3.05) is 6.61 Å². The van der Waals surface area contributed by atoms with Gasteiger partial charge in [0, 0.05) is 0 Å². The van der Waals surface area contributed by atoms with Crippen LogP contribution in [0.2, 0.25) is 0 Å². The van der Waals surface area contributed by atoms with Crippen LogP contribution in [-0.2, 0) is 4.74 Å². The Hall–Kier alpha value is -0.980. The Kier molecular flexibility index (Phi) is 7.08. The molecule has 0 aromatic rings. The summed E-state index contributed by atoms with van der Waals surface area (Å²) < 4.78 is 5.00. The Balaban J connectivity index is 3.60. The summed E-state index contributed by atoms with van der Waals surface area (Å²) in [6.45, 7) is 10.5. The van der Waals surface area contributed by atoms with Crippen molar-refractivity contribution in [1.82, 2.24) is 0 Å². The normalized spacial score (nSPS) is 10.8. The van der Waals surface area contributed by atoms with Gasteiger partial charge >= 0.3 is 0 Å². The van der Waals surface area contributed by atoms with Gasteiger partial charge in [-0.15, -0.1) is 0 Å². The Morgan fingerprint density at radius 1 is 1.23 bits per heavy atom. The first kappa shape index (κ1) is 12.0. The van der Waals surface area contributed by atoms with Crippen LogP contribution in [0.5, 0.6) is 0 Å². The van der Waals surface area contributed by atoms with Gasteiger partial charge in [0.1, 0.15) is 6.61 Å². The van der Waals surface area contributed by atoms with Gasteiger partial charge < -0.3 is 4.74 Å². The zero-order valence-electron chi connectivity index (χ0n) is 8.97. The van der Waals surface area contributed by atoms with E-state index < -0.39 is 0 Å². The van der Waals surface area contributed by atoms with Crippen molar-refractivity contribution in [1.29, 1.82) is 0 Å². The predicted molar refractivity (Wildman–Crippen MR) is 58.6 cm³/mol. The number of hydrogen-bond donors (Lipinski definition) is 0. The van der Waals surface area contributed by atoms with Crippen molar-refractivity contribution in [3.8, 4) is 0 Å². The van der Waals surface area contributed by atoms with E-state index in [0.717, 1.165) is 12.8 Å². The van der Waals surface area contributed by atoms with E-state index in [4.69, 9.17) is 4.74 Å². The third kappa shape index (κ3) is 8.93. The van der Waals surface area contributed by atoms with Crippen molar-refractivity contribution in [3.63, 3.8) is 0 Å². The third-order valence-corrected chi connectivity index (χ3v) is 1.74. The van der Waals surface area contributed by atoms with E-state index in [1.165, 1.54) is 17.4 Å². The van der Waals surface area contributed by atoms with Crippen LogP contribution in [0.4, 0.5) is 0 Å². The minimum atomic E-state index is 0.643. The largest absolute Gasteiger partial charge is 0.498 e. The molecule has 0 aliphatic rings. The SMILES string of the molecule is C=COC/C=C(\C)CCC=C(C)C. The molecule has 0 radical (unpaired) electrons. The first-order valence-corrected chi connectivity index (χ1v) is 4.68. The molecule has 0 N–H and O–H groups in total. The summed E-state index contributed by atoms with van der Waals surface area (Å²) in [6, 6.07) is 0. The number of ether oxygens (including phenoxy) is 1. The summed E-state index contributed by atoms with van der Waals surface area (Å²) in [5, 5.41) is 0. The first-order chi connectivity index (χ1) is 6.16. The van der Waals surface area contributed by atoms with Crippen LogP contribution in [0.25, 0.3) is 0 Å². The first-order valence-electron chi connectivity index (χ1n) is 4.68. The van der Waals surface area contributed by atoms with Crippen molar-refractivity contribution >= 4 is 0 Å². The Morgan fingerprint density at radius 2 is 1.92 bits per heavy atom. The zero-order valence-corrected chi connectivity index (χ0v) is 8.97. The fraction of sp³-hybridized carbons (Fsp3) is 0.500. The average molecular weight is 180 g/mol. The minimum absolute atomic E-state index is 0.643. The van der Waals surface area contributed by atoms with E-state index in [9.17, 15) is 0 Å². The second-order valence-electron chi connectivity index (χ2n) is 3.37. The van der Waals surface area contributed by atoms with Crippen LogP contribution in [-0.4, -0.2) is 6.61 Å². The molecular formula is C12H20O. The van der Waals surface area contributed by atoms with E-state index >= 15 is 0 Å². The molecule has 0 fully saturated rings. The molecule has 1 nitrogen and oxygen atoms in total. The summed E-state index contributed by atoms with van der Waals surface area (Å²) in [5.41, 5.74) is 2.76. The summed E-state index contributed by atoms with van der Waals surface area (Å²) in [7, 11) is 0. The monoisotopic (exact) mass is 180 g/mol. The van der Waals surface area contributed by atoms with E-state index in [1.54, 1.807) is 0 Å². The molecule has 0 spiro atoms. The number of hydrogen-bond acceptors (Lipinski definition) is 1. The number of allylic oxidation sites excluding steroid dienone is 3. The van der Waals surface area contributed by atoms with Crippen molar-refractivity contribution in [2.45, 2.75) is 33.6 Å². The molecule has 0 bridgehead atoms. The van der Waals surface area contributed by atoms with Crippen LogP contribution in [0.3, 0.4) is 0 Å². The van der Waals surface area contributed by atoms with Crippen molar-refractivity contribution < 1.29 is 4.74 Å². The Morgan fingerprint density at radius 3 is 2.46 bits per heavy atom. The average Bonchev–Trinajstić information content (AvgIpc) is 2.04. The third-order valence-electron chi connectivity index (χ3n) is 1.74. The molecule has 0 atom stereocenters. The maximum Gasteiger partial charge on any atom is 0.106 e. The van der Waals surface area contributed by atoms with Gasteiger partial charge in [0.25, 0.3) is 0 Å². The zero-order chi connectivity index (χ0) is 10.1. The van der Waals surface area contributed by atoms with E-state index in [-0.39, 0.29) is 0 Å². The van der Waals surface area contributed by atoms with Gasteiger partial charge in [-0.1, -0.05) is 23.8 Å². The number of rotatable bonds is 6. The summed E-state index contributed by atoms with van der Waals surface area (Å²) >= 11 is 0. The molecule has 0 aliphatic carbocycles. The van der Waals surface area contributed by atoms with Gasteiger partial charge in [0.15, 0.2) is 0 Å². The smallest absolute Gasteiger partial charge is 0.106 e. The van der Waals surface area contributed by atoms with Gasteiger partial charge in [-0.05, 0) is 39.7 Å². The highest BCUT2D eigenvalue weighted by atomic mass is 16.5. The highest BCUT2D eigenvalue weighted by Gasteiger charge is 1.87. The highest BCUT2D eigenvalue weighted by Crippen LogP contribution is 2.06. The van der Waals surface area contributed by atoms with Gasteiger partial charge in [0.2, 0.25) is 0 Å². The van der Waals surface area contributed by atoms with Crippen LogP contribution in [0.15, 0.2) is 36.1 Å². The molecule has 0 aromatic heterocycles. The molecule has 0 aromatic carbocycles. The molecule has 0 unspecified atom stereocenters. The van der Waals surface area contributed by atoms with Crippen LogP contribution in [0, 0.1) is 0 Å². The lowest BCUT2D eigenvalue weighted by Gasteiger charge is -1.99. The highest BCUT2D eigenvalue weighted by molar-refractivity contribution is 5.02.